The fourth-order valence-corrected chi connectivity index (χ4v) is 2.81. The summed E-state index contributed by atoms with van der Waals surface area (Å²) in [5, 5.41) is 11.2. The third-order valence-electron chi connectivity index (χ3n) is 3.77. The predicted molar refractivity (Wildman–Crippen MR) is 105 cm³/mol. The lowest BCUT2D eigenvalue weighted by atomic mass is 10.2. The van der Waals surface area contributed by atoms with E-state index in [2.05, 4.69) is 20.8 Å². The highest BCUT2D eigenvalue weighted by molar-refractivity contribution is 7.80. The fourth-order valence-electron chi connectivity index (χ4n) is 2.50. The van der Waals surface area contributed by atoms with Crippen molar-refractivity contribution < 1.29 is 14.0 Å². The maximum atomic E-state index is 5.88. The van der Waals surface area contributed by atoms with Crippen LogP contribution in [0.15, 0.2) is 47.0 Å². The van der Waals surface area contributed by atoms with Gasteiger partial charge in [0.05, 0.1) is 6.54 Å². The van der Waals surface area contributed by atoms with Crippen molar-refractivity contribution in [3.63, 3.8) is 0 Å². The Bertz CT molecular complexity index is 961. The Labute approximate surface area is 165 Å². The van der Waals surface area contributed by atoms with Crippen molar-refractivity contribution in [1.29, 1.82) is 0 Å². The number of thiocarbonyl (C=S) groups is 1. The lowest BCUT2D eigenvalue weighted by Crippen LogP contribution is -2.28. The molecule has 0 aliphatic carbocycles. The molecule has 1 aliphatic rings. The SMILES string of the molecule is S=C(NCc1nc(-c2ccc(Cl)cc2)no1)Nc1ccc2c(c1)OCCO2. The number of nitrogens with zero attached hydrogens (tertiary/aromatic N) is 2. The second-order valence-corrected chi connectivity index (χ2v) is 6.53. The number of rotatable bonds is 4. The number of benzene rings is 2. The standard InChI is InChI=1S/C18H15ClN4O3S/c19-12-3-1-11(2-4-12)17-22-16(26-23-17)10-20-18(27)21-13-5-6-14-15(9-13)25-8-7-24-14/h1-6,9H,7-8,10H2,(H2,20,21,27). The Morgan fingerprint density at radius 3 is 2.67 bits per heavy atom. The Hall–Kier alpha value is -2.84. The van der Waals surface area contributed by atoms with E-state index in [0.29, 0.717) is 47.4 Å². The normalized spacial score (nSPS) is 12.5. The Morgan fingerprint density at radius 2 is 1.85 bits per heavy atom. The average molecular weight is 403 g/mol. The number of halogens is 1. The van der Waals surface area contributed by atoms with Crippen LogP contribution in [0, 0.1) is 0 Å². The first kappa shape index (κ1) is 17.6. The molecule has 4 rings (SSSR count). The van der Waals surface area contributed by atoms with Crippen LogP contribution in [0.5, 0.6) is 11.5 Å². The van der Waals surface area contributed by atoms with Gasteiger partial charge in [-0.15, -0.1) is 0 Å². The Morgan fingerprint density at radius 1 is 1.07 bits per heavy atom. The maximum absolute atomic E-state index is 5.88. The van der Waals surface area contributed by atoms with E-state index in [-0.39, 0.29) is 0 Å². The van der Waals surface area contributed by atoms with Crippen molar-refractivity contribution in [3.05, 3.63) is 53.4 Å². The molecular formula is C18H15ClN4O3S. The molecule has 9 heteroatoms. The van der Waals surface area contributed by atoms with E-state index in [4.69, 9.17) is 37.8 Å². The van der Waals surface area contributed by atoms with E-state index >= 15 is 0 Å². The van der Waals surface area contributed by atoms with Crippen molar-refractivity contribution in [2.75, 3.05) is 18.5 Å². The molecule has 0 amide bonds. The van der Waals surface area contributed by atoms with Gasteiger partial charge in [0.1, 0.15) is 13.2 Å². The minimum atomic E-state index is 0.303. The summed E-state index contributed by atoms with van der Waals surface area (Å²) in [6.45, 7) is 1.39. The molecule has 1 aliphatic heterocycles. The molecule has 2 heterocycles. The second-order valence-electron chi connectivity index (χ2n) is 5.68. The average Bonchev–Trinajstić information content (AvgIpc) is 3.16. The fraction of sp³-hybridized carbons (Fsp3) is 0.167. The van der Waals surface area contributed by atoms with Gasteiger partial charge in [-0.2, -0.15) is 4.98 Å². The molecule has 0 radical (unpaired) electrons. The molecule has 3 aromatic rings. The van der Waals surface area contributed by atoms with Crippen molar-refractivity contribution in [2.45, 2.75) is 6.54 Å². The first-order valence-electron chi connectivity index (χ1n) is 8.20. The van der Waals surface area contributed by atoms with Gasteiger partial charge in [-0.1, -0.05) is 16.8 Å². The summed E-state index contributed by atoms with van der Waals surface area (Å²) in [5.74, 6) is 2.34. The molecule has 2 aromatic carbocycles. The van der Waals surface area contributed by atoms with E-state index in [0.717, 1.165) is 17.0 Å². The molecule has 0 atom stereocenters. The summed E-state index contributed by atoms with van der Waals surface area (Å²) in [6, 6.07) is 12.8. The van der Waals surface area contributed by atoms with Crippen LogP contribution >= 0.6 is 23.8 Å². The molecule has 138 valence electrons. The van der Waals surface area contributed by atoms with Gasteiger partial charge in [-0.05, 0) is 48.6 Å². The van der Waals surface area contributed by atoms with E-state index in [9.17, 15) is 0 Å². The molecular weight excluding hydrogens is 388 g/mol. The van der Waals surface area contributed by atoms with Gasteiger partial charge in [0.15, 0.2) is 16.6 Å². The minimum Gasteiger partial charge on any atom is -0.486 e. The number of hydrogen-bond acceptors (Lipinski definition) is 6. The first-order chi connectivity index (χ1) is 13.2. The zero-order valence-electron chi connectivity index (χ0n) is 14.1. The van der Waals surface area contributed by atoms with Gasteiger partial charge in [0.25, 0.3) is 0 Å². The lowest BCUT2D eigenvalue weighted by Gasteiger charge is -2.19. The highest BCUT2D eigenvalue weighted by Gasteiger charge is 2.13. The highest BCUT2D eigenvalue weighted by Crippen LogP contribution is 2.32. The van der Waals surface area contributed by atoms with Crippen molar-refractivity contribution >= 4 is 34.6 Å². The number of aromatic nitrogens is 2. The van der Waals surface area contributed by atoms with Crippen LogP contribution in [-0.2, 0) is 6.54 Å². The molecule has 1 aromatic heterocycles. The summed E-state index contributed by atoms with van der Waals surface area (Å²) in [6.07, 6.45) is 0. The molecule has 7 nitrogen and oxygen atoms in total. The summed E-state index contributed by atoms with van der Waals surface area (Å²) in [7, 11) is 0. The van der Waals surface area contributed by atoms with Gasteiger partial charge in [0, 0.05) is 22.3 Å². The first-order valence-corrected chi connectivity index (χ1v) is 8.99. The zero-order chi connectivity index (χ0) is 18.6. The van der Waals surface area contributed by atoms with Crippen LogP contribution in [0.2, 0.25) is 5.02 Å². The molecule has 2 N–H and O–H groups in total. The summed E-state index contributed by atoms with van der Waals surface area (Å²) in [4.78, 5) is 4.34. The van der Waals surface area contributed by atoms with Gasteiger partial charge < -0.3 is 24.6 Å². The largest absolute Gasteiger partial charge is 0.486 e. The van der Waals surface area contributed by atoms with Crippen LogP contribution in [0.25, 0.3) is 11.4 Å². The summed E-state index contributed by atoms with van der Waals surface area (Å²) < 4.78 is 16.3. The highest BCUT2D eigenvalue weighted by atomic mass is 35.5. The van der Waals surface area contributed by atoms with Gasteiger partial charge in [-0.3, -0.25) is 0 Å². The van der Waals surface area contributed by atoms with Crippen LogP contribution in [-0.4, -0.2) is 28.5 Å². The van der Waals surface area contributed by atoms with E-state index in [1.165, 1.54) is 0 Å². The van der Waals surface area contributed by atoms with Crippen LogP contribution in [0.3, 0.4) is 0 Å². The zero-order valence-corrected chi connectivity index (χ0v) is 15.6. The molecule has 0 saturated heterocycles. The van der Waals surface area contributed by atoms with Gasteiger partial charge >= 0.3 is 0 Å². The minimum absolute atomic E-state index is 0.303. The van der Waals surface area contributed by atoms with Crippen molar-refractivity contribution in [3.8, 4) is 22.9 Å². The van der Waals surface area contributed by atoms with E-state index in [1.54, 1.807) is 12.1 Å². The quantitative estimate of drug-likeness (QED) is 0.640. The molecule has 0 unspecified atom stereocenters. The molecule has 0 spiro atoms. The molecule has 27 heavy (non-hydrogen) atoms. The summed E-state index contributed by atoms with van der Waals surface area (Å²) >= 11 is 11.2. The monoisotopic (exact) mass is 402 g/mol. The number of anilines is 1. The van der Waals surface area contributed by atoms with Crippen LogP contribution in [0.4, 0.5) is 5.69 Å². The number of nitrogens with one attached hydrogen (secondary N) is 2. The third kappa shape index (κ3) is 4.29. The topological polar surface area (TPSA) is 81.4 Å². The third-order valence-corrected chi connectivity index (χ3v) is 4.27. The Kier molecular flexibility index (Phi) is 5.08. The summed E-state index contributed by atoms with van der Waals surface area (Å²) in [5.41, 5.74) is 1.62. The second kappa shape index (κ2) is 7.81. The Balaban J connectivity index is 1.34. The van der Waals surface area contributed by atoms with Crippen molar-refractivity contribution in [2.24, 2.45) is 0 Å². The van der Waals surface area contributed by atoms with E-state index in [1.807, 2.05) is 30.3 Å². The van der Waals surface area contributed by atoms with Crippen LogP contribution < -0.4 is 20.1 Å². The smallest absolute Gasteiger partial charge is 0.246 e. The predicted octanol–water partition coefficient (Wildman–Crippen LogP) is 3.65. The lowest BCUT2D eigenvalue weighted by molar-refractivity contribution is 0.171. The van der Waals surface area contributed by atoms with Gasteiger partial charge in [0.2, 0.25) is 11.7 Å². The van der Waals surface area contributed by atoms with Gasteiger partial charge in [-0.25, -0.2) is 0 Å². The number of fused-ring (bicyclic) bond motifs is 1. The van der Waals surface area contributed by atoms with Crippen molar-refractivity contribution in [1.82, 2.24) is 15.5 Å². The molecule has 0 saturated carbocycles. The maximum Gasteiger partial charge on any atom is 0.246 e. The molecule has 0 fully saturated rings. The number of ether oxygens (including phenoxy) is 2. The number of hydrogen-bond donors (Lipinski definition) is 2. The van der Waals surface area contributed by atoms with Crippen LogP contribution in [0.1, 0.15) is 5.89 Å². The molecule has 0 bridgehead atoms. The van der Waals surface area contributed by atoms with E-state index < -0.39 is 0 Å².